The summed E-state index contributed by atoms with van der Waals surface area (Å²) in [6.07, 6.45) is 0. The second kappa shape index (κ2) is 5.66. The quantitative estimate of drug-likeness (QED) is 0.548. The molecule has 0 aliphatic heterocycles. The highest BCUT2D eigenvalue weighted by Crippen LogP contribution is 2.28. The smallest absolute Gasteiger partial charge is 0.293 e. The molecule has 0 bridgehead atoms. The number of nitrogens with zero attached hydrogens (tertiary/aromatic N) is 1. The first-order valence-electron chi connectivity index (χ1n) is 5.70. The number of nitrogens with one attached hydrogen (secondary N) is 2. The molecular formula is C12H17N3O4. The third-order valence-electron chi connectivity index (χ3n) is 2.55. The summed E-state index contributed by atoms with van der Waals surface area (Å²) >= 11 is 0. The van der Waals surface area contributed by atoms with E-state index in [-0.39, 0.29) is 23.5 Å². The number of anilines is 1. The number of nitro groups is 1. The van der Waals surface area contributed by atoms with Gasteiger partial charge in [-0.15, -0.1) is 0 Å². The fourth-order valence-electron chi connectivity index (χ4n) is 1.48. The van der Waals surface area contributed by atoms with Gasteiger partial charge in [0.05, 0.1) is 17.1 Å². The molecule has 0 atom stereocenters. The van der Waals surface area contributed by atoms with Crippen molar-refractivity contribution in [3.8, 4) is 0 Å². The van der Waals surface area contributed by atoms with Crippen LogP contribution < -0.4 is 10.6 Å². The van der Waals surface area contributed by atoms with Gasteiger partial charge in [-0.1, -0.05) is 0 Å². The molecule has 1 rings (SSSR count). The fourth-order valence-corrected chi connectivity index (χ4v) is 1.48. The molecule has 0 fully saturated rings. The normalized spacial score (nSPS) is 10.9. The Morgan fingerprint density at radius 2 is 2.11 bits per heavy atom. The number of aliphatic hydroxyl groups excluding tert-OH is 1. The monoisotopic (exact) mass is 267 g/mol. The second-order valence-electron chi connectivity index (χ2n) is 4.74. The van der Waals surface area contributed by atoms with Crippen LogP contribution in [-0.2, 0) is 0 Å². The maximum absolute atomic E-state index is 11.4. The number of rotatable bonds is 5. The molecule has 104 valence electrons. The van der Waals surface area contributed by atoms with Crippen LogP contribution in [0.1, 0.15) is 24.2 Å². The van der Waals surface area contributed by atoms with Gasteiger partial charge in [0.2, 0.25) is 0 Å². The van der Waals surface area contributed by atoms with Crippen LogP contribution in [0.2, 0.25) is 0 Å². The molecule has 19 heavy (non-hydrogen) atoms. The summed E-state index contributed by atoms with van der Waals surface area (Å²) in [5.74, 6) is -0.393. The van der Waals surface area contributed by atoms with Crippen molar-refractivity contribution in [1.82, 2.24) is 5.32 Å². The van der Waals surface area contributed by atoms with Gasteiger partial charge in [-0.2, -0.15) is 0 Å². The summed E-state index contributed by atoms with van der Waals surface area (Å²) < 4.78 is 0. The van der Waals surface area contributed by atoms with E-state index in [2.05, 4.69) is 10.6 Å². The first kappa shape index (κ1) is 14.9. The average molecular weight is 267 g/mol. The molecule has 3 N–H and O–H groups in total. The summed E-state index contributed by atoms with van der Waals surface area (Å²) in [5, 5.41) is 25.5. The van der Waals surface area contributed by atoms with Gasteiger partial charge in [-0.05, 0) is 26.0 Å². The number of nitro benzene ring substituents is 1. The molecule has 0 spiro atoms. The van der Waals surface area contributed by atoms with Crippen LogP contribution in [0.5, 0.6) is 0 Å². The van der Waals surface area contributed by atoms with E-state index in [0.717, 1.165) is 0 Å². The summed E-state index contributed by atoms with van der Waals surface area (Å²) in [4.78, 5) is 21.9. The summed E-state index contributed by atoms with van der Waals surface area (Å²) in [6.45, 7) is 3.24. The highest BCUT2D eigenvalue weighted by molar-refractivity contribution is 5.95. The molecule has 0 saturated carbocycles. The van der Waals surface area contributed by atoms with E-state index in [1.54, 1.807) is 13.8 Å². The minimum absolute atomic E-state index is 0.179. The van der Waals surface area contributed by atoms with Gasteiger partial charge in [-0.3, -0.25) is 14.9 Å². The van der Waals surface area contributed by atoms with E-state index in [1.165, 1.54) is 25.2 Å². The summed E-state index contributed by atoms with van der Waals surface area (Å²) in [7, 11) is 1.45. The standard InChI is InChI=1S/C12H17N3O4/c1-12(2,7-16)14-9-5-4-8(11(17)13-3)6-10(9)15(18)19/h4-6,14,16H,7H2,1-3H3,(H,13,17). The fraction of sp³-hybridized carbons (Fsp3) is 0.417. The number of benzene rings is 1. The minimum Gasteiger partial charge on any atom is -0.394 e. The molecule has 0 radical (unpaired) electrons. The van der Waals surface area contributed by atoms with E-state index >= 15 is 0 Å². The summed E-state index contributed by atoms with van der Waals surface area (Å²) in [6, 6.07) is 4.15. The number of aliphatic hydroxyl groups is 1. The zero-order valence-corrected chi connectivity index (χ0v) is 11.1. The Kier molecular flexibility index (Phi) is 4.44. The number of carbonyl (C=O) groups is 1. The zero-order valence-electron chi connectivity index (χ0n) is 11.1. The van der Waals surface area contributed by atoms with Gasteiger partial charge in [0.15, 0.2) is 0 Å². The molecule has 0 aliphatic rings. The minimum atomic E-state index is -0.695. The predicted octanol–water partition coefficient (Wildman–Crippen LogP) is 1.14. The molecule has 1 aromatic carbocycles. The first-order chi connectivity index (χ1) is 8.80. The highest BCUT2D eigenvalue weighted by Gasteiger charge is 2.23. The lowest BCUT2D eigenvalue weighted by molar-refractivity contribution is -0.384. The van der Waals surface area contributed by atoms with Crippen molar-refractivity contribution in [3.63, 3.8) is 0 Å². The van der Waals surface area contributed by atoms with Gasteiger partial charge in [-0.25, -0.2) is 0 Å². The van der Waals surface area contributed by atoms with Crippen LogP contribution in [0, 0.1) is 10.1 Å². The summed E-state index contributed by atoms with van der Waals surface area (Å²) in [5.41, 5.74) is -0.430. The lowest BCUT2D eigenvalue weighted by Crippen LogP contribution is -2.35. The Morgan fingerprint density at radius 1 is 1.47 bits per heavy atom. The molecule has 7 nitrogen and oxygen atoms in total. The van der Waals surface area contributed by atoms with Gasteiger partial charge in [0.25, 0.3) is 11.6 Å². The van der Waals surface area contributed by atoms with Crippen LogP contribution in [0.15, 0.2) is 18.2 Å². The maximum atomic E-state index is 11.4. The zero-order chi connectivity index (χ0) is 14.6. The molecular weight excluding hydrogens is 250 g/mol. The lowest BCUT2D eigenvalue weighted by Gasteiger charge is -2.24. The van der Waals surface area contributed by atoms with Crippen molar-refractivity contribution in [1.29, 1.82) is 0 Å². The first-order valence-corrected chi connectivity index (χ1v) is 5.70. The topological polar surface area (TPSA) is 104 Å². The molecule has 7 heteroatoms. The second-order valence-corrected chi connectivity index (χ2v) is 4.74. The highest BCUT2D eigenvalue weighted by atomic mass is 16.6. The van der Waals surface area contributed by atoms with E-state index in [4.69, 9.17) is 5.11 Å². The molecule has 1 aromatic rings. The van der Waals surface area contributed by atoms with Crippen LogP contribution >= 0.6 is 0 Å². The molecule has 0 aromatic heterocycles. The van der Waals surface area contributed by atoms with Crippen molar-refractivity contribution in [2.45, 2.75) is 19.4 Å². The maximum Gasteiger partial charge on any atom is 0.293 e. The van der Waals surface area contributed by atoms with Gasteiger partial charge in [0, 0.05) is 18.7 Å². The Bertz CT molecular complexity index is 500. The van der Waals surface area contributed by atoms with Gasteiger partial charge >= 0.3 is 0 Å². The third kappa shape index (κ3) is 3.65. The third-order valence-corrected chi connectivity index (χ3v) is 2.55. The largest absolute Gasteiger partial charge is 0.394 e. The Balaban J connectivity index is 3.19. The van der Waals surface area contributed by atoms with Crippen LogP contribution in [0.4, 0.5) is 11.4 Å². The van der Waals surface area contributed by atoms with Crippen molar-refractivity contribution in [3.05, 3.63) is 33.9 Å². The van der Waals surface area contributed by atoms with E-state index in [0.29, 0.717) is 0 Å². The Hall–Kier alpha value is -2.15. The molecule has 1 amide bonds. The van der Waals surface area contributed by atoms with E-state index < -0.39 is 16.4 Å². The van der Waals surface area contributed by atoms with Crippen LogP contribution in [0.3, 0.4) is 0 Å². The number of hydrogen-bond donors (Lipinski definition) is 3. The van der Waals surface area contributed by atoms with Crippen LogP contribution in [0.25, 0.3) is 0 Å². The van der Waals surface area contributed by atoms with Gasteiger partial charge in [0.1, 0.15) is 5.69 Å². The molecule has 0 aliphatic carbocycles. The van der Waals surface area contributed by atoms with Gasteiger partial charge < -0.3 is 15.7 Å². The lowest BCUT2D eigenvalue weighted by atomic mass is 10.1. The molecule has 0 unspecified atom stereocenters. The Labute approximate surface area is 110 Å². The van der Waals surface area contributed by atoms with Crippen molar-refractivity contribution < 1.29 is 14.8 Å². The van der Waals surface area contributed by atoms with Crippen molar-refractivity contribution >= 4 is 17.3 Å². The van der Waals surface area contributed by atoms with E-state index in [1.807, 2.05) is 0 Å². The molecule has 0 saturated heterocycles. The molecule has 0 heterocycles. The number of carbonyl (C=O) groups excluding carboxylic acids is 1. The average Bonchev–Trinajstić information content (AvgIpc) is 2.37. The number of amides is 1. The predicted molar refractivity (Wildman–Crippen MR) is 71.3 cm³/mol. The van der Waals surface area contributed by atoms with Crippen LogP contribution in [-0.4, -0.2) is 35.1 Å². The SMILES string of the molecule is CNC(=O)c1ccc(NC(C)(C)CO)c([N+](=O)[O-])c1. The van der Waals surface area contributed by atoms with Crippen molar-refractivity contribution in [2.75, 3.05) is 19.0 Å². The van der Waals surface area contributed by atoms with Crippen molar-refractivity contribution in [2.24, 2.45) is 0 Å². The number of hydrogen-bond acceptors (Lipinski definition) is 5. The van der Waals surface area contributed by atoms with E-state index in [9.17, 15) is 14.9 Å². The Morgan fingerprint density at radius 3 is 2.58 bits per heavy atom.